The van der Waals surface area contributed by atoms with Crippen LogP contribution < -0.4 is 5.73 Å². The third-order valence-electron chi connectivity index (χ3n) is 1.86. The molecule has 0 aliphatic rings. The average Bonchev–Trinajstić information content (AvgIpc) is 2.55. The highest BCUT2D eigenvalue weighted by atomic mass is 15.3. The lowest BCUT2D eigenvalue weighted by atomic mass is 9.97. The third-order valence-corrected chi connectivity index (χ3v) is 1.86. The Morgan fingerprint density at radius 2 is 2.46 bits per heavy atom. The lowest BCUT2D eigenvalue weighted by Crippen LogP contribution is -2.36. The van der Waals surface area contributed by atoms with Crippen LogP contribution >= 0.6 is 0 Å². The van der Waals surface area contributed by atoms with Gasteiger partial charge in [-0.05, 0) is 13.8 Å². The molecule has 5 heteroatoms. The first kappa shape index (κ1) is 9.68. The van der Waals surface area contributed by atoms with Gasteiger partial charge in [-0.3, -0.25) is 4.68 Å². The number of hydrogen-bond acceptors (Lipinski definition) is 4. The van der Waals surface area contributed by atoms with Crippen LogP contribution in [0, 0.1) is 11.3 Å². The fraction of sp³-hybridized carbons (Fsp3) is 0.625. The summed E-state index contributed by atoms with van der Waals surface area (Å²) in [7, 11) is 0. The van der Waals surface area contributed by atoms with Gasteiger partial charge < -0.3 is 5.73 Å². The van der Waals surface area contributed by atoms with Crippen LogP contribution in [0.15, 0.2) is 12.7 Å². The van der Waals surface area contributed by atoms with Gasteiger partial charge in [-0.1, -0.05) is 0 Å². The summed E-state index contributed by atoms with van der Waals surface area (Å²) in [6.45, 7) is 3.66. The van der Waals surface area contributed by atoms with Crippen molar-refractivity contribution >= 4 is 0 Å². The van der Waals surface area contributed by atoms with Gasteiger partial charge in [0.1, 0.15) is 18.2 Å². The van der Waals surface area contributed by atoms with Crippen LogP contribution in [-0.4, -0.2) is 20.3 Å². The second kappa shape index (κ2) is 3.54. The minimum absolute atomic E-state index is 0.0946. The number of nitrogens with zero attached hydrogens (tertiary/aromatic N) is 4. The summed E-state index contributed by atoms with van der Waals surface area (Å²) in [5.74, 6) is 0. The molecule has 2 atom stereocenters. The Labute approximate surface area is 77.2 Å². The fourth-order valence-corrected chi connectivity index (χ4v) is 1.20. The largest absolute Gasteiger partial charge is 0.314 e. The van der Waals surface area contributed by atoms with E-state index in [4.69, 9.17) is 11.0 Å². The van der Waals surface area contributed by atoms with Gasteiger partial charge in [0.25, 0.3) is 0 Å². The highest BCUT2D eigenvalue weighted by molar-refractivity contribution is 5.02. The van der Waals surface area contributed by atoms with E-state index in [2.05, 4.69) is 16.2 Å². The maximum Gasteiger partial charge on any atom is 0.137 e. The van der Waals surface area contributed by atoms with E-state index >= 15 is 0 Å². The molecular weight excluding hydrogens is 166 g/mol. The molecule has 1 rings (SSSR count). The van der Waals surface area contributed by atoms with Gasteiger partial charge in [0.2, 0.25) is 0 Å². The molecule has 0 amide bonds. The summed E-state index contributed by atoms with van der Waals surface area (Å²) in [4.78, 5) is 3.83. The van der Waals surface area contributed by atoms with E-state index in [1.54, 1.807) is 17.9 Å². The van der Waals surface area contributed by atoms with Crippen molar-refractivity contribution in [3.05, 3.63) is 12.7 Å². The number of aromatic nitrogens is 3. The molecule has 2 unspecified atom stereocenters. The number of nitriles is 1. The van der Waals surface area contributed by atoms with Crippen molar-refractivity contribution in [2.45, 2.75) is 31.8 Å². The summed E-state index contributed by atoms with van der Waals surface area (Å²) in [6.07, 6.45) is 3.65. The standard InChI is InChI=1S/C8H13N5/c1-7(3-8(2,10)4-9)13-6-11-5-12-13/h5-7H,3,10H2,1-2H3. The average molecular weight is 179 g/mol. The van der Waals surface area contributed by atoms with E-state index in [-0.39, 0.29) is 6.04 Å². The molecule has 0 aliphatic heterocycles. The molecule has 0 radical (unpaired) electrons. The van der Waals surface area contributed by atoms with Gasteiger partial charge in [-0.2, -0.15) is 10.4 Å². The van der Waals surface area contributed by atoms with E-state index in [1.165, 1.54) is 6.33 Å². The van der Waals surface area contributed by atoms with E-state index in [0.29, 0.717) is 6.42 Å². The molecule has 0 saturated heterocycles. The van der Waals surface area contributed by atoms with E-state index in [9.17, 15) is 0 Å². The predicted molar refractivity (Wildman–Crippen MR) is 47.6 cm³/mol. The Morgan fingerprint density at radius 3 is 2.92 bits per heavy atom. The zero-order valence-corrected chi connectivity index (χ0v) is 7.81. The normalized spacial score (nSPS) is 17.4. The molecule has 0 fully saturated rings. The molecule has 1 aromatic rings. The first-order chi connectivity index (χ1) is 6.05. The van der Waals surface area contributed by atoms with Crippen molar-refractivity contribution < 1.29 is 0 Å². The van der Waals surface area contributed by atoms with Gasteiger partial charge in [-0.25, -0.2) is 4.98 Å². The monoisotopic (exact) mass is 179 g/mol. The van der Waals surface area contributed by atoms with E-state index in [0.717, 1.165) is 0 Å². The predicted octanol–water partition coefficient (Wildman–Crippen LogP) is 0.470. The van der Waals surface area contributed by atoms with Gasteiger partial charge in [0, 0.05) is 6.42 Å². The second-order valence-corrected chi connectivity index (χ2v) is 3.46. The molecule has 13 heavy (non-hydrogen) atoms. The highest BCUT2D eigenvalue weighted by Crippen LogP contribution is 2.16. The Hall–Kier alpha value is -1.41. The Morgan fingerprint density at radius 1 is 1.77 bits per heavy atom. The topological polar surface area (TPSA) is 80.5 Å². The molecule has 5 nitrogen and oxygen atoms in total. The fourth-order valence-electron chi connectivity index (χ4n) is 1.20. The lowest BCUT2D eigenvalue weighted by Gasteiger charge is -2.20. The number of hydrogen-bond donors (Lipinski definition) is 1. The maximum absolute atomic E-state index is 8.72. The molecule has 0 spiro atoms. The summed E-state index contributed by atoms with van der Waals surface area (Å²) in [5, 5.41) is 12.7. The molecule has 2 N–H and O–H groups in total. The van der Waals surface area contributed by atoms with Gasteiger partial charge in [0.05, 0.1) is 12.1 Å². The Balaban J connectivity index is 2.62. The molecule has 1 aromatic heterocycles. The molecule has 70 valence electrons. The second-order valence-electron chi connectivity index (χ2n) is 3.46. The zero-order valence-electron chi connectivity index (χ0n) is 7.81. The van der Waals surface area contributed by atoms with Crippen molar-refractivity contribution in [1.82, 2.24) is 14.8 Å². The summed E-state index contributed by atoms with van der Waals surface area (Å²) < 4.78 is 1.70. The van der Waals surface area contributed by atoms with Crippen LogP contribution in [0.5, 0.6) is 0 Å². The molecule has 1 heterocycles. The van der Waals surface area contributed by atoms with Gasteiger partial charge in [-0.15, -0.1) is 0 Å². The number of rotatable bonds is 3. The van der Waals surface area contributed by atoms with Crippen LogP contribution in [0.3, 0.4) is 0 Å². The molecular formula is C8H13N5. The summed E-state index contributed by atoms with van der Waals surface area (Å²) in [6, 6.07) is 2.15. The Bertz CT molecular complexity index is 295. The van der Waals surface area contributed by atoms with Gasteiger partial charge >= 0.3 is 0 Å². The van der Waals surface area contributed by atoms with Crippen LogP contribution in [0.2, 0.25) is 0 Å². The van der Waals surface area contributed by atoms with Crippen molar-refractivity contribution in [3.63, 3.8) is 0 Å². The first-order valence-corrected chi connectivity index (χ1v) is 4.09. The summed E-state index contributed by atoms with van der Waals surface area (Å²) in [5.41, 5.74) is 4.90. The zero-order chi connectivity index (χ0) is 9.90. The molecule has 0 aromatic carbocycles. The smallest absolute Gasteiger partial charge is 0.137 e. The van der Waals surface area contributed by atoms with Crippen LogP contribution in [-0.2, 0) is 0 Å². The van der Waals surface area contributed by atoms with Crippen LogP contribution in [0.25, 0.3) is 0 Å². The van der Waals surface area contributed by atoms with Crippen LogP contribution in [0.4, 0.5) is 0 Å². The van der Waals surface area contributed by atoms with Crippen molar-refractivity contribution in [3.8, 4) is 6.07 Å². The van der Waals surface area contributed by atoms with E-state index in [1.807, 2.05) is 6.92 Å². The minimum Gasteiger partial charge on any atom is -0.314 e. The van der Waals surface area contributed by atoms with Crippen molar-refractivity contribution in [2.24, 2.45) is 5.73 Å². The molecule has 0 bridgehead atoms. The third kappa shape index (κ3) is 2.53. The molecule has 0 saturated carbocycles. The summed E-state index contributed by atoms with van der Waals surface area (Å²) >= 11 is 0. The highest BCUT2D eigenvalue weighted by Gasteiger charge is 2.21. The minimum atomic E-state index is -0.800. The lowest BCUT2D eigenvalue weighted by molar-refractivity contribution is 0.386. The SMILES string of the molecule is CC(CC(C)(N)C#N)n1cncn1. The first-order valence-electron chi connectivity index (χ1n) is 4.09. The van der Waals surface area contributed by atoms with Crippen molar-refractivity contribution in [2.75, 3.05) is 0 Å². The quantitative estimate of drug-likeness (QED) is 0.731. The maximum atomic E-state index is 8.72. The molecule has 0 aliphatic carbocycles. The van der Waals surface area contributed by atoms with Crippen molar-refractivity contribution in [1.29, 1.82) is 5.26 Å². The van der Waals surface area contributed by atoms with E-state index < -0.39 is 5.54 Å². The van der Waals surface area contributed by atoms with Gasteiger partial charge in [0.15, 0.2) is 0 Å². The number of nitrogens with two attached hydrogens (primary N) is 1. The van der Waals surface area contributed by atoms with Crippen LogP contribution in [0.1, 0.15) is 26.3 Å². The Kier molecular flexibility index (Phi) is 2.63.